The van der Waals surface area contributed by atoms with Gasteiger partial charge in [0.1, 0.15) is 5.69 Å². The van der Waals surface area contributed by atoms with Gasteiger partial charge in [-0.3, -0.25) is 9.59 Å². The minimum Gasteiger partial charge on any atom is -0.353 e. The maximum atomic E-state index is 13.6. The number of fused-ring (bicyclic) bond motifs is 4. The highest BCUT2D eigenvalue weighted by Crippen LogP contribution is 2.35. The van der Waals surface area contributed by atoms with Crippen LogP contribution in [0.15, 0.2) is 18.2 Å². The highest BCUT2D eigenvalue weighted by atomic mass is 16.2. The maximum Gasteiger partial charge on any atom is 0.342 e. The van der Waals surface area contributed by atoms with E-state index in [0.29, 0.717) is 34.9 Å². The Bertz CT molecular complexity index is 1170. The van der Waals surface area contributed by atoms with Crippen molar-refractivity contribution in [1.29, 1.82) is 0 Å². The Morgan fingerprint density at radius 3 is 2.22 bits per heavy atom. The summed E-state index contributed by atoms with van der Waals surface area (Å²) in [6, 6.07) is 5.80. The largest absolute Gasteiger partial charge is 0.353 e. The second kappa shape index (κ2) is 10.6. The molecule has 3 saturated heterocycles. The number of rotatable bonds is 7. The van der Waals surface area contributed by atoms with Crippen LogP contribution in [-0.2, 0) is 11.2 Å². The lowest BCUT2D eigenvalue weighted by molar-refractivity contribution is -0.121. The number of hydrogen-bond donors (Lipinski definition) is 2. The molecule has 8 nitrogen and oxygen atoms in total. The summed E-state index contributed by atoms with van der Waals surface area (Å²) < 4.78 is 1.37. The summed E-state index contributed by atoms with van der Waals surface area (Å²) in [4.78, 5) is 42.0. The Balaban J connectivity index is 1.26. The van der Waals surface area contributed by atoms with Crippen LogP contribution < -0.4 is 10.6 Å². The molecule has 0 spiro atoms. The Kier molecular flexibility index (Phi) is 7.02. The lowest BCUT2D eigenvalue weighted by Gasteiger charge is -2.44. The van der Waals surface area contributed by atoms with Crippen LogP contribution in [0, 0.1) is 11.8 Å². The standard InChI is InChI=1S/C29H39N5O3/c35-26(17-21-18-33-13-11-20(21)12-14-33)28-24-15-19(16-27(36)30-22-5-1-2-6-22)9-10-25(24)34(32-28)29(37)31-23-7-3-4-8-23/h9-10,15,20-23H,1-8,11-14,16-18H2,(H,30,36)(H,31,37)/t21-/m0/s1. The van der Waals surface area contributed by atoms with E-state index >= 15 is 0 Å². The molecular formula is C29H39N5O3. The summed E-state index contributed by atoms with van der Waals surface area (Å²) in [6.07, 6.45) is 11.7. The Hall–Kier alpha value is -2.74. The minimum absolute atomic E-state index is 0.00345. The Morgan fingerprint density at radius 1 is 0.892 bits per heavy atom. The van der Waals surface area contributed by atoms with Crippen LogP contribution in [-0.4, -0.2) is 64.1 Å². The first-order chi connectivity index (χ1) is 18.0. The number of nitrogens with zero attached hydrogens (tertiary/aromatic N) is 3. The van der Waals surface area contributed by atoms with Gasteiger partial charge in [-0.1, -0.05) is 31.7 Å². The molecule has 1 atom stereocenters. The van der Waals surface area contributed by atoms with Gasteiger partial charge in [0.15, 0.2) is 5.78 Å². The topological polar surface area (TPSA) is 96.3 Å². The van der Waals surface area contributed by atoms with Crippen LogP contribution in [0.2, 0.25) is 0 Å². The Labute approximate surface area is 218 Å². The number of Topliss-reactive ketones (excluding diaryl/α,β-unsaturated/α-hetero) is 1. The predicted molar refractivity (Wildman–Crippen MR) is 142 cm³/mol. The van der Waals surface area contributed by atoms with Gasteiger partial charge in [0, 0.05) is 30.4 Å². The molecule has 5 fully saturated rings. The molecule has 2 saturated carbocycles. The van der Waals surface area contributed by atoms with Crippen molar-refractivity contribution >= 4 is 28.6 Å². The smallest absolute Gasteiger partial charge is 0.342 e. The van der Waals surface area contributed by atoms with Crippen LogP contribution in [0.25, 0.3) is 10.9 Å². The third kappa shape index (κ3) is 5.31. The first kappa shape index (κ1) is 24.6. The second-order valence-corrected chi connectivity index (χ2v) is 11.8. The maximum absolute atomic E-state index is 13.6. The molecule has 2 bridgehead atoms. The molecule has 1 aromatic heterocycles. The summed E-state index contributed by atoms with van der Waals surface area (Å²) >= 11 is 0. The highest BCUT2D eigenvalue weighted by Gasteiger charge is 2.36. The molecule has 2 N–H and O–H groups in total. The van der Waals surface area contributed by atoms with Crippen molar-refractivity contribution in [3.63, 3.8) is 0 Å². The quantitative estimate of drug-likeness (QED) is 0.554. The zero-order chi connectivity index (χ0) is 25.4. The summed E-state index contributed by atoms with van der Waals surface area (Å²) in [5, 5.41) is 11.5. The summed E-state index contributed by atoms with van der Waals surface area (Å²) in [5.41, 5.74) is 1.84. The average molecular weight is 506 g/mol. The van der Waals surface area contributed by atoms with Crippen molar-refractivity contribution in [2.45, 2.75) is 89.1 Å². The average Bonchev–Trinajstić information content (AvgIpc) is 3.66. The lowest BCUT2D eigenvalue weighted by atomic mass is 9.76. The number of carbonyl (C=O) groups is 3. The number of ketones is 1. The van der Waals surface area contributed by atoms with Gasteiger partial charge in [0.25, 0.3) is 0 Å². The van der Waals surface area contributed by atoms with Gasteiger partial charge >= 0.3 is 6.03 Å². The van der Waals surface area contributed by atoms with E-state index in [1.165, 1.54) is 17.5 Å². The first-order valence-corrected chi connectivity index (χ1v) is 14.4. The van der Waals surface area contributed by atoms with Crippen molar-refractivity contribution in [3.05, 3.63) is 29.5 Å². The number of nitrogens with one attached hydrogen (secondary N) is 2. The second-order valence-electron chi connectivity index (χ2n) is 11.8. The molecule has 2 aliphatic carbocycles. The molecule has 8 heteroatoms. The molecular weight excluding hydrogens is 466 g/mol. The van der Waals surface area contributed by atoms with Crippen LogP contribution in [0.5, 0.6) is 0 Å². The van der Waals surface area contributed by atoms with Crippen molar-refractivity contribution in [2.24, 2.45) is 11.8 Å². The molecule has 37 heavy (non-hydrogen) atoms. The molecule has 1 aromatic carbocycles. The van der Waals surface area contributed by atoms with Crippen molar-refractivity contribution in [3.8, 4) is 0 Å². The third-order valence-corrected chi connectivity index (χ3v) is 9.21. The van der Waals surface area contributed by atoms with Gasteiger partial charge in [-0.15, -0.1) is 0 Å². The minimum atomic E-state index is -0.273. The molecule has 2 aromatic rings. The van der Waals surface area contributed by atoms with Crippen LogP contribution in [0.3, 0.4) is 0 Å². The molecule has 2 amide bonds. The molecule has 7 rings (SSSR count). The summed E-state index contributed by atoms with van der Waals surface area (Å²) in [6.45, 7) is 3.25. The van der Waals surface area contributed by atoms with E-state index in [1.807, 2.05) is 18.2 Å². The lowest BCUT2D eigenvalue weighted by Crippen LogP contribution is -2.47. The van der Waals surface area contributed by atoms with E-state index in [2.05, 4.69) is 20.6 Å². The summed E-state index contributed by atoms with van der Waals surface area (Å²) in [7, 11) is 0. The number of hydrogen-bond acceptors (Lipinski definition) is 5. The monoisotopic (exact) mass is 505 g/mol. The number of benzene rings is 1. The van der Waals surface area contributed by atoms with Crippen LogP contribution in [0.1, 0.15) is 86.7 Å². The normalized spacial score (nSPS) is 26.1. The highest BCUT2D eigenvalue weighted by molar-refractivity contribution is 6.08. The fourth-order valence-corrected chi connectivity index (χ4v) is 7.13. The number of aromatic nitrogens is 2. The van der Waals surface area contributed by atoms with Gasteiger partial charge in [0.2, 0.25) is 5.91 Å². The third-order valence-electron chi connectivity index (χ3n) is 9.21. The van der Waals surface area contributed by atoms with E-state index in [4.69, 9.17) is 0 Å². The van der Waals surface area contributed by atoms with E-state index in [1.54, 1.807) is 0 Å². The van der Waals surface area contributed by atoms with E-state index in [0.717, 1.165) is 76.6 Å². The fraction of sp³-hybridized carbons (Fsp3) is 0.655. The first-order valence-electron chi connectivity index (χ1n) is 14.4. The molecule has 198 valence electrons. The number of piperidine rings is 3. The van der Waals surface area contributed by atoms with Crippen LogP contribution in [0.4, 0.5) is 4.79 Å². The molecule has 5 aliphatic rings. The molecule has 0 unspecified atom stereocenters. The predicted octanol–water partition coefficient (Wildman–Crippen LogP) is 4.05. The van der Waals surface area contributed by atoms with E-state index < -0.39 is 0 Å². The van der Waals surface area contributed by atoms with Crippen molar-refractivity contribution in [2.75, 3.05) is 19.6 Å². The van der Waals surface area contributed by atoms with Gasteiger partial charge in [-0.2, -0.15) is 9.78 Å². The SMILES string of the molecule is O=C(Cc1ccc2c(c1)c(C(=O)C[C@H]1CN3CCC1CC3)nn2C(=O)NC1CCCC1)NC1CCCC1. The van der Waals surface area contributed by atoms with Crippen molar-refractivity contribution in [1.82, 2.24) is 25.3 Å². The van der Waals surface area contributed by atoms with Gasteiger partial charge in [-0.05, 0) is 81.1 Å². The number of carbonyl (C=O) groups excluding carboxylic acids is 3. The fourth-order valence-electron chi connectivity index (χ4n) is 7.13. The van der Waals surface area contributed by atoms with Crippen LogP contribution >= 0.6 is 0 Å². The molecule has 4 heterocycles. The Morgan fingerprint density at radius 2 is 1.57 bits per heavy atom. The van der Waals surface area contributed by atoms with Crippen molar-refractivity contribution < 1.29 is 14.4 Å². The van der Waals surface area contributed by atoms with Gasteiger partial charge in [0.05, 0.1) is 11.9 Å². The molecule has 3 aliphatic heterocycles. The van der Waals surface area contributed by atoms with Gasteiger partial charge in [-0.25, -0.2) is 4.79 Å². The summed E-state index contributed by atoms with van der Waals surface area (Å²) in [5.74, 6) is 0.965. The van der Waals surface area contributed by atoms with E-state index in [9.17, 15) is 14.4 Å². The van der Waals surface area contributed by atoms with Gasteiger partial charge < -0.3 is 15.5 Å². The number of amides is 2. The zero-order valence-electron chi connectivity index (χ0n) is 21.7. The zero-order valence-corrected chi connectivity index (χ0v) is 21.7. The van der Waals surface area contributed by atoms with E-state index in [-0.39, 0.29) is 36.2 Å². The molecule has 0 radical (unpaired) electrons.